The van der Waals surface area contributed by atoms with Crippen molar-refractivity contribution in [1.29, 1.82) is 0 Å². The molecule has 2 unspecified atom stereocenters. The number of nitrogens with zero attached hydrogens (tertiary/aromatic N) is 2. The van der Waals surface area contributed by atoms with Gasteiger partial charge in [-0.05, 0) is 64.3 Å². The Morgan fingerprint density at radius 2 is 1.73 bits per heavy atom. The van der Waals surface area contributed by atoms with E-state index in [1.165, 1.54) is 0 Å². The molecule has 7 nitrogen and oxygen atoms in total. The van der Waals surface area contributed by atoms with Gasteiger partial charge in [0.2, 0.25) is 11.8 Å². The molecule has 0 radical (unpaired) electrons. The second-order valence-electron chi connectivity index (χ2n) is 8.64. The Morgan fingerprint density at radius 1 is 1.03 bits per heavy atom. The number of hydrogen-bond donors (Lipinski definition) is 2. The predicted molar refractivity (Wildman–Crippen MR) is 116 cm³/mol. The second kappa shape index (κ2) is 10.6. The molecule has 0 spiro atoms. The number of benzene rings is 1. The van der Waals surface area contributed by atoms with E-state index in [0.717, 1.165) is 57.3 Å². The molecule has 1 aromatic carbocycles. The van der Waals surface area contributed by atoms with E-state index >= 15 is 0 Å². The number of primary amides is 1. The van der Waals surface area contributed by atoms with E-state index in [1.807, 2.05) is 31.2 Å². The van der Waals surface area contributed by atoms with Crippen molar-refractivity contribution in [3.8, 4) is 0 Å². The van der Waals surface area contributed by atoms with Crippen LogP contribution in [-0.2, 0) is 9.59 Å². The summed E-state index contributed by atoms with van der Waals surface area (Å²) in [5, 5.41) is 3.04. The van der Waals surface area contributed by atoms with Crippen LogP contribution in [0.5, 0.6) is 0 Å². The minimum absolute atomic E-state index is 0.00148. The Kier molecular flexibility index (Phi) is 7.85. The zero-order chi connectivity index (χ0) is 21.5. The van der Waals surface area contributed by atoms with Crippen molar-refractivity contribution in [3.05, 3.63) is 35.4 Å². The summed E-state index contributed by atoms with van der Waals surface area (Å²) in [7, 11) is 0. The first-order valence-electron chi connectivity index (χ1n) is 11.1. The molecule has 3 rings (SSSR count). The molecular weight excluding hydrogens is 380 g/mol. The monoisotopic (exact) mass is 414 g/mol. The van der Waals surface area contributed by atoms with Gasteiger partial charge in [-0.3, -0.25) is 14.4 Å². The van der Waals surface area contributed by atoms with Crippen LogP contribution in [0.3, 0.4) is 0 Å². The third kappa shape index (κ3) is 6.05. The van der Waals surface area contributed by atoms with E-state index in [9.17, 15) is 14.4 Å². The standard InChI is InChI=1S/C23H34N4O3/c1-17-7-9-18(10-8-17)23(30)27-14-3-6-20(16-27)22(29)25-11-4-13-26-12-2-5-19(15-26)21(24)28/h7-10,19-20H,2-6,11-16H2,1H3,(H2,24,28)(H,25,29). The fraction of sp³-hybridized carbons (Fsp3) is 0.609. The highest BCUT2D eigenvalue weighted by Gasteiger charge is 2.29. The maximum atomic E-state index is 12.7. The zero-order valence-electron chi connectivity index (χ0n) is 17.9. The molecule has 7 heteroatoms. The topological polar surface area (TPSA) is 95.7 Å². The maximum Gasteiger partial charge on any atom is 0.253 e. The Hall–Kier alpha value is -2.41. The number of rotatable bonds is 7. The first-order chi connectivity index (χ1) is 14.4. The lowest BCUT2D eigenvalue weighted by Gasteiger charge is -2.32. The van der Waals surface area contributed by atoms with E-state index in [4.69, 9.17) is 5.73 Å². The van der Waals surface area contributed by atoms with Gasteiger partial charge in [-0.1, -0.05) is 17.7 Å². The molecule has 2 atom stereocenters. The van der Waals surface area contributed by atoms with Gasteiger partial charge in [-0.25, -0.2) is 0 Å². The maximum absolute atomic E-state index is 12.7. The minimum atomic E-state index is -0.213. The Bertz CT molecular complexity index is 749. The van der Waals surface area contributed by atoms with Gasteiger partial charge >= 0.3 is 0 Å². The van der Waals surface area contributed by atoms with Crippen LogP contribution >= 0.6 is 0 Å². The molecule has 0 aliphatic carbocycles. The smallest absolute Gasteiger partial charge is 0.253 e. The van der Waals surface area contributed by atoms with Crippen molar-refractivity contribution >= 4 is 17.7 Å². The van der Waals surface area contributed by atoms with Crippen LogP contribution in [0.25, 0.3) is 0 Å². The van der Waals surface area contributed by atoms with Crippen molar-refractivity contribution in [1.82, 2.24) is 15.1 Å². The van der Waals surface area contributed by atoms with Crippen molar-refractivity contribution < 1.29 is 14.4 Å². The third-order valence-corrected chi connectivity index (χ3v) is 6.24. The van der Waals surface area contributed by atoms with Gasteiger partial charge in [-0.2, -0.15) is 0 Å². The number of nitrogens with one attached hydrogen (secondary N) is 1. The number of hydrogen-bond acceptors (Lipinski definition) is 4. The normalized spacial score (nSPS) is 22.5. The van der Waals surface area contributed by atoms with Crippen LogP contribution in [-0.4, -0.2) is 66.8 Å². The van der Waals surface area contributed by atoms with Gasteiger partial charge in [0.05, 0.1) is 11.8 Å². The molecule has 2 fully saturated rings. The van der Waals surface area contributed by atoms with Crippen LogP contribution in [0.15, 0.2) is 24.3 Å². The number of piperidine rings is 2. The number of carbonyl (C=O) groups excluding carboxylic acids is 3. The number of aryl methyl sites for hydroxylation is 1. The predicted octanol–water partition coefficient (Wildman–Crippen LogP) is 1.55. The fourth-order valence-corrected chi connectivity index (χ4v) is 4.40. The van der Waals surface area contributed by atoms with Gasteiger partial charge in [0, 0.05) is 31.7 Å². The molecule has 3 N–H and O–H groups in total. The summed E-state index contributed by atoms with van der Waals surface area (Å²) in [6.07, 6.45) is 4.37. The van der Waals surface area contributed by atoms with Crippen molar-refractivity contribution in [2.24, 2.45) is 17.6 Å². The summed E-state index contributed by atoms with van der Waals surface area (Å²) >= 11 is 0. The SMILES string of the molecule is Cc1ccc(C(=O)N2CCCC(C(=O)NCCCN3CCCC(C(N)=O)C3)C2)cc1. The molecule has 1 aromatic rings. The number of carbonyl (C=O) groups is 3. The summed E-state index contributed by atoms with van der Waals surface area (Å²) in [5.74, 6) is -0.378. The lowest BCUT2D eigenvalue weighted by Crippen LogP contribution is -2.46. The van der Waals surface area contributed by atoms with Gasteiger partial charge in [0.25, 0.3) is 5.91 Å². The third-order valence-electron chi connectivity index (χ3n) is 6.24. The van der Waals surface area contributed by atoms with Crippen LogP contribution in [0, 0.1) is 18.8 Å². The molecule has 0 aromatic heterocycles. The molecule has 3 amide bonds. The summed E-state index contributed by atoms with van der Waals surface area (Å²) in [4.78, 5) is 40.8. The first-order valence-corrected chi connectivity index (χ1v) is 11.1. The molecule has 164 valence electrons. The van der Waals surface area contributed by atoms with E-state index in [1.54, 1.807) is 4.90 Å². The Labute approximate surface area is 179 Å². The lowest BCUT2D eigenvalue weighted by atomic mass is 9.96. The lowest BCUT2D eigenvalue weighted by molar-refractivity contribution is -0.126. The van der Waals surface area contributed by atoms with Gasteiger partial charge in [0.15, 0.2) is 0 Å². The molecular formula is C23H34N4O3. The van der Waals surface area contributed by atoms with Crippen molar-refractivity contribution in [3.63, 3.8) is 0 Å². The highest BCUT2D eigenvalue weighted by molar-refractivity contribution is 5.94. The average molecular weight is 415 g/mol. The van der Waals surface area contributed by atoms with E-state index in [-0.39, 0.29) is 29.6 Å². The molecule has 0 bridgehead atoms. The molecule has 2 heterocycles. The van der Waals surface area contributed by atoms with Gasteiger partial charge in [-0.15, -0.1) is 0 Å². The van der Waals surface area contributed by atoms with Crippen molar-refractivity contribution in [2.45, 2.75) is 39.0 Å². The summed E-state index contributed by atoms with van der Waals surface area (Å²) < 4.78 is 0. The Balaban J connectivity index is 1.40. The zero-order valence-corrected chi connectivity index (χ0v) is 17.9. The van der Waals surface area contributed by atoms with Crippen LogP contribution in [0.4, 0.5) is 0 Å². The van der Waals surface area contributed by atoms with Gasteiger partial charge < -0.3 is 20.9 Å². The minimum Gasteiger partial charge on any atom is -0.369 e. The average Bonchev–Trinajstić information content (AvgIpc) is 2.77. The summed E-state index contributed by atoms with van der Waals surface area (Å²) in [6.45, 7) is 6.35. The molecule has 2 saturated heterocycles. The Morgan fingerprint density at radius 3 is 2.47 bits per heavy atom. The summed E-state index contributed by atoms with van der Waals surface area (Å²) in [5.41, 5.74) is 7.23. The number of amides is 3. The summed E-state index contributed by atoms with van der Waals surface area (Å²) in [6, 6.07) is 7.58. The fourth-order valence-electron chi connectivity index (χ4n) is 4.40. The molecule has 2 aliphatic rings. The first kappa shape index (κ1) is 22.3. The number of nitrogens with two attached hydrogens (primary N) is 1. The van der Waals surface area contributed by atoms with Crippen LogP contribution in [0.2, 0.25) is 0 Å². The molecule has 0 saturated carbocycles. The molecule has 2 aliphatic heterocycles. The van der Waals surface area contributed by atoms with E-state index < -0.39 is 0 Å². The second-order valence-corrected chi connectivity index (χ2v) is 8.64. The molecule has 30 heavy (non-hydrogen) atoms. The highest BCUT2D eigenvalue weighted by atomic mass is 16.2. The van der Waals surface area contributed by atoms with E-state index in [0.29, 0.717) is 25.2 Å². The largest absolute Gasteiger partial charge is 0.369 e. The highest BCUT2D eigenvalue weighted by Crippen LogP contribution is 2.19. The number of likely N-dealkylation sites (tertiary alicyclic amines) is 2. The van der Waals surface area contributed by atoms with Crippen molar-refractivity contribution in [2.75, 3.05) is 39.3 Å². The van der Waals surface area contributed by atoms with Crippen LogP contribution in [0.1, 0.15) is 48.0 Å². The quantitative estimate of drug-likeness (QED) is 0.662. The van der Waals surface area contributed by atoms with Gasteiger partial charge in [0.1, 0.15) is 0 Å². The van der Waals surface area contributed by atoms with E-state index in [2.05, 4.69) is 10.2 Å². The van der Waals surface area contributed by atoms with Crippen LogP contribution < -0.4 is 11.1 Å².